The van der Waals surface area contributed by atoms with E-state index in [1.807, 2.05) is 0 Å². The third-order valence-electron chi connectivity index (χ3n) is 2.34. The maximum absolute atomic E-state index is 10.4. The van der Waals surface area contributed by atoms with Crippen molar-refractivity contribution in [3.8, 4) is 0 Å². The van der Waals surface area contributed by atoms with Gasteiger partial charge in [-0.3, -0.25) is 0 Å². The van der Waals surface area contributed by atoms with E-state index in [1.54, 1.807) is 13.8 Å². The van der Waals surface area contributed by atoms with Gasteiger partial charge in [0.1, 0.15) is 18.3 Å². The molecule has 0 aliphatic carbocycles. The number of aliphatic hydroxyl groups excluding tert-OH is 3. The summed E-state index contributed by atoms with van der Waals surface area (Å²) in [5.41, 5.74) is 0. The molecule has 1 aliphatic rings. The van der Waals surface area contributed by atoms with Crippen LogP contribution < -0.4 is 0 Å². The first-order valence-electron chi connectivity index (χ1n) is 4.83. The van der Waals surface area contributed by atoms with Crippen LogP contribution in [0.5, 0.6) is 0 Å². The molecule has 0 spiro atoms. The average molecular weight is 236 g/mol. The molecule has 0 aromatic rings. The van der Waals surface area contributed by atoms with E-state index < -0.39 is 36.2 Å². The maximum atomic E-state index is 10.4. The molecule has 16 heavy (non-hydrogen) atoms. The van der Waals surface area contributed by atoms with Crippen molar-refractivity contribution in [3.05, 3.63) is 0 Å². The zero-order valence-corrected chi connectivity index (χ0v) is 9.03. The van der Waals surface area contributed by atoms with Crippen LogP contribution in [0.4, 0.5) is 0 Å². The van der Waals surface area contributed by atoms with E-state index in [4.69, 9.17) is 19.7 Å². The standard InChI is InChI=1S/C9H16O7/c1-9(2)15-3-4(16-9)5(10)6(11)7(12)8(13)14/h4-7,10-12H,3H2,1-2H3,(H,13,14)/t4-,5+,6-,7-/m1/s1. The fraction of sp³-hybridized carbons (Fsp3) is 0.889. The van der Waals surface area contributed by atoms with Gasteiger partial charge in [-0.2, -0.15) is 0 Å². The van der Waals surface area contributed by atoms with Crippen LogP contribution in [0.1, 0.15) is 13.8 Å². The number of aliphatic hydroxyl groups is 3. The van der Waals surface area contributed by atoms with Crippen LogP contribution >= 0.6 is 0 Å². The van der Waals surface area contributed by atoms with Crippen molar-refractivity contribution in [1.82, 2.24) is 0 Å². The number of hydrogen-bond acceptors (Lipinski definition) is 6. The van der Waals surface area contributed by atoms with E-state index in [1.165, 1.54) is 0 Å². The molecule has 0 saturated carbocycles. The second-order valence-corrected chi connectivity index (χ2v) is 4.13. The number of ether oxygens (including phenoxy) is 2. The lowest BCUT2D eigenvalue weighted by Gasteiger charge is -2.25. The van der Waals surface area contributed by atoms with Gasteiger partial charge in [0.2, 0.25) is 0 Å². The Morgan fingerprint density at radius 1 is 1.38 bits per heavy atom. The van der Waals surface area contributed by atoms with Crippen LogP contribution in [-0.2, 0) is 14.3 Å². The molecule has 0 radical (unpaired) electrons. The van der Waals surface area contributed by atoms with Crippen LogP contribution in [0.3, 0.4) is 0 Å². The Labute approximate surface area is 92.2 Å². The molecule has 0 bridgehead atoms. The molecule has 4 atom stereocenters. The third-order valence-corrected chi connectivity index (χ3v) is 2.34. The summed E-state index contributed by atoms with van der Waals surface area (Å²) < 4.78 is 10.4. The van der Waals surface area contributed by atoms with Gasteiger partial charge < -0.3 is 29.9 Å². The summed E-state index contributed by atoms with van der Waals surface area (Å²) >= 11 is 0. The first-order valence-corrected chi connectivity index (χ1v) is 4.83. The molecule has 0 unspecified atom stereocenters. The molecule has 0 amide bonds. The van der Waals surface area contributed by atoms with E-state index in [2.05, 4.69) is 0 Å². The second kappa shape index (κ2) is 4.64. The lowest BCUT2D eigenvalue weighted by Crippen LogP contribution is -2.48. The van der Waals surface area contributed by atoms with E-state index in [0.29, 0.717) is 0 Å². The Kier molecular flexibility index (Phi) is 3.87. The highest BCUT2D eigenvalue weighted by molar-refractivity contribution is 5.72. The van der Waals surface area contributed by atoms with E-state index in [9.17, 15) is 15.0 Å². The highest BCUT2D eigenvalue weighted by Gasteiger charge is 2.42. The molecule has 7 heteroatoms. The molecule has 1 rings (SSSR count). The first kappa shape index (κ1) is 13.3. The van der Waals surface area contributed by atoms with Crippen molar-refractivity contribution in [3.63, 3.8) is 0 Å². The number of rotatable bonds is 4. The van der Waals surface area contributed by atoms with Gasteiger partial charge in [0.25, 0.3) is 0 Å². The summed E-state index contributed by atoms with van der Waals surface area (Å²) in [6, 6.07) is 0. The average Bonchev–Trinajstić information content (AvgIpc) is 2.55. The van der Waals surface area contributed by atoms with Crippen molar-refractivity contribution >= 4 is 5.97 Å². The molecular formula is C9H16O7. The van der Waals surface area contributed by atoms with Crippen molar-refractivity contribution in [2.24, 2.45) is 0 Å². The maximum Gasteiger partial charge on any atom is 0.335 e. The second-order valence-electron chi connectivity index (χ2n) is 4.13. The topological polar surface area (TPSA) is 116 Å². The Balaban J connectivity index is 2.58. The molecular weight excluding hydrogens is 220 g/mol. The van der Waals surface area contributed by atoms with E-state index in [-0.39, 0.29) is 6.61 Å². The Morgan fingerprint density at radius 2 is 1.94 bits per heavy atom. The zero-order chi connectivity index (χ0) is 12.5. The molecule has 94 valence electrons. The Morgan fingerprint density at radius 3 is 2.31 bits per heavy atom. The number of carbonyl (C=O) groups is 1. The number of aliphatic carboxylic acids is 1. The fourth-order valence-electron chi connectivity index (χ4n) is 1.44. The van der Waals surface area contributed by atoms with Gasteiger partial charge in [-0.1, -0.05) is 0 Å². The minimum absolute atomic E-state index is 0.0254. The summed E-state index contributed by atoms with van der Waals surface area (Å²) in [4.78, 5) is 10.4. The Bertz CT molecular complexity index is 265. The minimum atomic E-state index is -2.05. The predicted octanol–water partition coefficient (Wildman–Crippen LogP) is -1.69. The van der Waals surface area contributed by atoms with Crippen molar-refractivity contribution in [2.75, 3.05) is 6.61 Å². The molecule has 1 fully saturated rings. The fourth-order valence-corrected chi connectivity index (χ4v) is 1.44. The molecule has 1 aliphatic heterocycles. The normalized spacial score (nSPS) is 29.7. The van der Waals surface area contributed by atoms with Gasteiger partial charge in [-0.05, 0) is 13.8 Å². The first-order chi connectivity index (χ1) is 7.24. The van der Waals surface area contributed by atoms with Crippen LogP contribution in [0.25, 0.3) is 0 Å². The molecule has 0 aromatic heterocycles. The number of hydrogen-bond donors (Lipinski definition) is 4. The lowest BCUT2D eigenvalue weighted by atomic mass is 10.0. The van der Waals surface area contributed by atoms with Crippen molar-refractivity contribution < 1.29 is 34.7 Å². The summed E-state index contributed by atoms with van der Waals surface area (Å²) in [5.74, 6) is -2.50. The summed E-state index contributed by atoms with van der Waals surface area (Å²) in [7, 11) is 0. The van der Waals surface area contributed by atoms with E-state index in [0.717, 1.165) is 0 Å². The van der Waals surface area contributed by atoms with Crippen LogP contribution in [0, 0.1) is 0 Å². The minimum Gasteiger partial charge on any atom is -0.479 e. The van der Waals surface area contributed by atoms with Crippen molar-refractivity contribution in [1.29, 1.82) is 0 Å². The summed E-state index contributed by atoms with van der Waals surface area (Å²) in [5, 5.41) is 36.5. The van der Waals surface area contributed by atoms with Gasteiger partial charge in [0, 0.05) is 0 Å². The SMILES string of the molecule is CC1(C)OC[C@H]([C@H](O)[C@@H](O)[C@@H](O)C(=O)O)O1. The van der Waals surface area contributed by atoms with Gasteiger partial charge in [0.15, 0.2) is 11.9 Å². The zero-order valence-electron chi connectivity index (χ0n) is 9.03. The smallest absolute Gasteiger partial charge is 0.335 e. The lowest BCUT2D eigenvalue weighted by molar-refractivity contribution is -0.177. The van der Waals surface area contributed by atoms with Gasteiger partial charge in [-0.25, -0.2) is 4.79 Å². The van der Waals surface area contributed by atoms with Gasteiger partial charge >= 0.3 is 5.97 Å². The Hall–Kier alpha value is -0.730. The molecule has 1 heterocycles. The monoisotopic (exact) mass is 236 g/mol. The van der Waals surface area contributed by atoms with Crippen molar-refractivity contribution in [2.45, 2.75) is 44.1 Å². The van der Waals surface area contributed by atoms with Crippen LogP contribution in [-0.4, -0.2) is 63.2 Å². The molecule has 7 nitrogen and oxygen atoms in total. The summed E-state index contributed by atoms with van der Waals surface area (Å²) in [6.07, 6.45) is -6.26. The largest absolute Gasteiger partial charge is 0.479 e. The number of carboxylic acids is 1. The molecule has 0 aromatic carbocycles. The molecule has 1 saturated heterocycles. The summed E-state index contributed by atoms with van der Waals surface area (Å²) in [6.45, 7) is 3.27. The van der Waals surface area contributed by atoms with Crippen LogP contribution in [0.2, 0.25) is 0 Å². The third kappa shape index (κ3) is 2.89. The van der Waals surface area contributed by atoms with Gasteiger partial charge in [0.05, 0.1) is 6.61 Å². The predicted molar refractivity (Wildman–Crippen MR) is 50.6 cm³/mol. The highest BCUT2D eigenvalue weighted by Crippen LogP contribution is 2.25. The quantitative estimate of drug-likeness (QED) is 0.460. The van der Waals surface area contributed by atoms with Crippen LogP contribution in [0.15, 0.2) is 0 Å². The molecule has 4 N–H and O–H groups in total. The van der Waals surface area contributed by atoms with E-state index >= 15 is 0 Å². The highest BCUT2D eigenvalue weighted by atomic mass is 16.7. The van der Waals surface area contributed by atoms with Gasteiger partial charge in [-0.15, -0.1) is 0 Å². The number of carboxylic acid groups (broad SMARTS) is 1.